The molecule has 4 heterocycles. The summed E-state index contributed by atoms with van der Waals surface area (Å²) in [6, 6.07) is 7.94. The molecule has 0 saturated carbocycles. The fourth-order valence-corrected chi connectivity index (χ4v) is 4.43. The molecule has 1 aliphatic rings. The van der Waals surface area contributed by atoms with Crippen molar-refractivity contribution in [3.05, 3.63) is 70.6 Å². The van der Waals surface area contributed by atoms with Gasteiger partial charge in [-0.05, 0) is 30.7 Å². The number of rotatable bonds is 6. The number of aromatic nitrogens is 3. The third kappa shape index (κ3) is 4.21. The molecule has 3 N–H and O–H groups in total. The van der Waals surface area contributed by atoms with Crippen LogP contribution < -0.4 is 15.4 Å². The summed E-state index contributed by atoms with van der Waals surface area (Å²) in [5.74, 6) is -1.27. The molecule has 0 spiro atoms. The van der Waals surface area contributed by atoms with E-state index in [1.165, 1.54) is 30.6 Å². The van der Waals surface area contributed by atoms with Crippen molar-refractivity contribution in [3.63, 3.8) is 0 Å². The van der Waals surface area contributed by atoms with E-state index in [0.29, 0.717) is 11.6 Å². The Balaban J connectivity index is 1.55. The number of anilines is 2. The monoisotopic (exact) mass is 545 g/mol. The quantitative estimate of drug-likeness (QED) is 0.283. The predicted octanol–water partition coefficient (Wildman–Crippen LogP) is 5.25. The largest absolute Gasteiger partial charge is 0.439 e. The maximum Gasteiger partial charge on any atom is 0.422 e. The van der Waals surface area contributed by atoms with Gasteiger partial charge >= 0.3 is 6.18 Å². The van der Waals surface area contributed by atoms with E-state index >= 15 is 0 Å². The number of benzene rings is 1. The highest BCUT2D eigenvalue weighted by Gasteiger charge is 2.63. The van der Waals surface area contributed by atoms with E-state index in [4.69, 9.17) is 21.1 Å². The number of nitrogens with one attached hydrogen (secondary N) is 3. The third-order valence-electron chi connectivity index (χ3n) is 6.06. The highest BCUT2D eigenvalue weighted by Crippen LogP contribution is 2.44. The maximum absolute atomic E-state index is 14.1. The van der Waals surface area contributed by atoms with Crippen LogP contribution in [-0.4, -0.2) is 52.1 Å². The molecular formula is C25H19ClF3N5O4. The number of fused-ring (bicyclic) bond motifs is 3. The topological polar surface area (TPSA) is 118 Å². The zero-order valence-corrected chi connectivity index (χ0v) is 20.6. The zero-order valence-electron chi connectivity index (χ0n) is 19.9. The maximum atomic E-state index is 14.1. The molecule has 1 aliphatic heterocycles. The molecule has 3 aromatic heterocycles. The number of nitrogens with zero attached hydrogens (tertiary/aromatic N) is 2. The van der Waals surface area contributed by atoms with E-state index < -0.39 is 30.0 Å². The summed E-state index contributed by atoms with van der Waals surface area (Å²) >= 11 is 6.41. The minimum Gasteiger partial charge on any atom is -0.439 e. The van der Waals surface area contributed by atoms with Crippen LogP contribution in [0.25, 0.3) is 11.0 Å². The first-order valence-electron chi connectivity index (χ1n) is 11.1. The van der Waals surface area contributed by atoms with Gasteiger partial charge in [0.25, 0.3) is 5.91 Å². The lowest BCUT2D eigenvalue weighted by Gasteiger charge is -2.39. The summed E-state index contributed by atoms with van der Waals surface area (Å²) < 4.78 is 52.8. The second-order valence-electron chi connectivity index (χ2n) is 8.63. The Hall–Kier alpha value is -4.16. The molecule has 1 unspecified atom stereocenters. The summed E-state index contributed by atoms with van der Waals surface area (Å²) in [4.78, 5) is 37.1. The van der Waals surface area contributed by atoms with Crippen LogP contribution in [0.4, 0.5) is 24.5 Å². The van der Waals surface area contributed by atoms with Crippen LogP contribution in [0.3, 0.4) is 0 Å². The molecule has 0 fully saturated rings. The van der Waals surface area contributed by atoms with Gasteiger partial charge in [0.1, 0.15) is 11.4 Å². The minimum atomic E-state index is -5.02. The number of alkyl halides is 3. The number of carbonyl (C=O) groups excluding carboxylic acids is 2. The molecule has 0 saturated heterocycles. The molecule has 4 aromatic rings. The Morgan fingerprint density at radius 3 is 2.63 bits per heavy atom. The van der Waals surface area contributed by atoms with Crippen molar-refractivity contribution < 1.29 is 32.2 Å². The van der Waals surface area contributed by atoms with Gasteiger partial charge in [-0.3, -0.25) is 9.59 Å². The van der Waals surface area contributed by atoms with E-state index in [2.05, 4.69) is 25.6 Å². The van der Waals surface area contributed by atoms with Gasteiger partial charge in [-0.1, -0.05) is 11.6 Å². The first-order valence-corrected chi connectivity index (χ1v) is 11.5. The first kappa shape index (κ1) is 25.5. The van der Waals surface area contributed by atoms with Crippen molar-refractivity contribution in [3.8, 4) is 11.6 Å². The summed E-state index contributed by atoms with van der Waals surface area (Å²) in [5, 5.41) is 4.64. The van der Waals surface area contributed by atoms with Crippen LogP contribution in [0.15, 0.2) is 48.9 Å². The highest BCUT2D eigenvalue weighted by molar-refractivity contribution is 6.36. The number of hydrogen-bond donors (Lipinski definition) is 3. The van der Waals surface area contributed by atoms with Crippen molar-refractivity contribution in [1.82, 2.24) is 15.0 Å². The van der Waals surface area contributed by atoms with Crippen molar-refractivity contribution in [2.24, 2.45) is 0 Å². The Labute approximate surface area is 218 Å². The number of hydrogen-bond acceptors (Lipinski definition) is 7. The molecule has 38 heavy (non-hydrogen) atoms. The molecule has 0 aliphatic carbocycles. The van der Waals surface area contributed by atoms with Gasteiger partial charge in [0, 0.05) is 37.2 Å². The average molecular weight is 546 g/mol. The number of ketones is 1. The third-order valence-corrected chi connectivity index (χ3v) is 6.38. The summed E-state index contributed by atoms with van der Waals surface area (Å²) in [6.45, 7) is 0.884. The fraction of sp³-hybridized carbons (Fsp3) is 0.200. The second-order valence-corrected chi connectivity index (χ2v) is 9.04. The molecule has 9 nitrogen and oxygen atoms in total. The van der Waals surface area contributed by atoms with Crippen molar-refractivity contribution >= 4 is 45.7 Å². The SMILES string of the molecule is COCC1(C(F)(F)F)Nc2c(cnc3[nH]cc(C(=O)c4ccc(Oc5cc(C)ccn5)cc4Cl)c23)NC1=O. The van der Waals surface area contributed by atoms with Crippen LogP contribution in [0.2, 0.25) is 5.02 Å². The normalized spacial score (nSPS) is 17.1. The first-order chi connectivity index (χ1) is 18.0. The smallest absolute Gasteiger partial charge is 0.422 e. The number of methoxy groups -OCH3 is 1. The molecule has 0 radical (unpaired) electrons. The molecule has 1 amide bonds. The molecule has 1 aromatic carbocycles. The standard InChI is InChI=1S/C25H19ClF3N5O4/c1-12-5-6-30-18(7-12)38-13-3-4-14(16(26)8-13)21(35)15-9-31-22-19(15)20-17(10-32-22)33-23(36)24(34-20,11-37-2)25(27,28)29/h3-10,34H,11H2,1-2H3,(H,31,32)(H,33,36). The minimum absolute atomic E-state index is 0.00240. The van der Waals surface area contributed by atoms with Gasteiger partial charge in [0.15, 0.2) is 5.78 Å². The Kier molecular flexibility index (Phi) is 6.24. The Bertz CT molecular complexity index is 1590. The zero-order chi connectivity index (χ0) is 27.2. The van der Waals surface area contributed by atoms with E-state index in [0.717, 1.165) is 12.7 Å². The van der Waals surface area contributed by atoms with Crippen molar-refractivity contribution in [2.75, 3.05) is 24.4 Å². The average Bonchev–Trinajstić information content (AvgIpc) is 3.28. The van der Waals surface area contributed by atoms with Crippen LogP contribution in [-0.2, 0) is 9.53 Å². The van der Waals surface area contributed by atoms with Gasteiger partial charge in [-0.15, -0.1) is 0 Å². The summed E-state index contributed by atoms with van der Waals surface area (Å²) in [7, 11) is 1.05. The number of H-pyrrole nitrogens is 1. The van der Waals surface area contributed by atoms with E-state index in [1.807, 2.05) is 13.0 Å². The lowest BCUT2D eigenvalue weighted by molar-refractivity contribution is -0.192. The van der Waals surface area contributed by atoms with E-state index in [9.17, 15) is 22.8 Å². The van der Waals surface area contributed by atoms with E-state index in [-0.39, 0.29) is 38.6 Å². The van der Waals surface area contributed by atoms with Crippen LogP contribution in [0, 0.1) is 6.92 Å². The molecule has 196 valence electrons. The molecular weight excluding hydrogens is 527 g/mol. The van der Waals surface area contributed by atoms with Gasteiger partial charge in [0.05, 0.1) is 40.2 Å². The highest BCUT2D eigenvalue weighted by atomic mass is 35.5. The molecule has 13 heteroatoms. The number of carbonyl (C=O) groups is 2. The van der Waals surface area contributed by atoms with Gasteiger partial charge in [-0.25, -0.2) is 9.97 Å². The summed E-state index contributed by atoms with van der Waals surface area (Å²) in [5.41, 5.74) is -2.09. The Morgan fingerprint density at radius 1 is 1.16 bits per heavy atom. The van der Waals surface area contributed by atoms with Crippen molar-refractivity contribution in [2.45, 2.75) is 18.6 Å². The number of amides is 1. The number of halogens is 4. The van der Waals surface area contributed by atoms with Crippen LogP contribution in [0.5, 0.6) is 11.6 Å². The van der Waals surface area contributed by atoms with E-state index in [1.54, 1.807) is 12.3 Å². The van der Waals surface area contributed by atoms with Gasteiger partial charge < -0.3 is 25.1 Å². The fourth-order valence-electron chi connectivity index (χ4n) is 4.17. The Morgan fingerprint density at radius 2 is 1.95 bits per heavy atom. The molecule has 5 rings (SSSR count). The van der Waals surface area contributed by atoms with Crippen LogP contribution in [0.1, 0.15) is 21.5 Å². The second kappa shape index (κ2) is 9.30. The number of ether oxygens (including phenoxy) is 2. The van der Waals surface area contributed by atoms with Crippen LogP contribution >= 0.6 is 11.6 Å². The predicted molar refractivity (Wildman–Crippen MR) is 133 cm³/mol. The number of pyridine rings is 2. The van der Waals surface area contributed by atoms with Gasteiger partial charge in [0.2, 0.25) is 11.4 Å². The van der Waals surface area contributed by atoms with Gasteiger partial charge in [-0.2, -0.15) is 13.2 Å². The molecule has 0 bridgehead atoms. The number of aryl methyl sites for hydroxylation is 1. The summed E-state index contributed by atoms with van der Waals surface area (Å²) in [6.07, 6.45) is -0.918. The van der Waals surface area contributed by atoms with Crippen molar-refractivity contribution in [1.29, 1.82) is 0 Å². The number of aromatic amines is 1. The lowest BCUT2D eigenvalue weighted by Crippen LogP contribution is -2.64. The lowest BCUT2D eigenvalue weighted by atomic mass is 9.93. The molecule has 1 atom stereocenters.